The van der Waals surface area contributed by atoms with E-state index >= 15 is 0 Å². The molecule has 43 heavy (non-hydrogen) atoms. The van der Waals surface area contributed by atoms with Crippen LogP contribution >= 0.6 is 11.6 Å². The van der Waals surface area contributed by atoms with Crippen molar-refractivity contribution in [2.24, 2.45) is 0 Å². The summed E-state index contributed by atoms with van der Waals surface area (Å²) in [6, 6.07) is 23.1. The van der Waals surface area contributed by atoms with Gasteiger partial charge in [0, 0.05) is 24.0 Å². The molecule has 0 saturated heterocycles. The fourth-order valence-corrected chi connectivity index (χ4v) is 6.56. The van der Waals surface area contributed by atoms with Gasteiger partial charge in [-0.2, -0.15) is 0 Å². The number of carbonyl (C=O) groups excluding carboxylic acids is 2. The lowest BCUT2D eigenvalue weighted by Crippen LogP contribution is -2.54. The molecule has 0 heterocycles. The van der Waals surface area contributed by atoms with E-state index in [1.165, 1.54) is 4.90 Å². The van der Waals surface area contributed by atoms with Crippen LogP contribution < -0.4 is 9.62 Å². The molecule has 0 aliphatic heterocycles. The van der Waals surface area contributed by atoms with Crippen LogP contribution in [-0.4, -0.2) is 50.0 Å². The van der Waals surface area contributed by atoms with Crippen LogP contribution in [0.25, 0.3) is 0 Å². The van der Waals surface area contributed by atoms with Crippen LogP contribution in [0.15, 0.2) is 78.9 Å². The number of carbonyl (C=O) groups is 2. The molecule has 1 aliphatic rings. The summed E-state index contributed by atoms with van der Waals surface area (Å²) in [4.78, 5) is 29.7. The summed E-state index contributed by atoms with van der Waals surface area (Å²) in [5.74, 6) is -0.723. The maximum atomic E-state index is 14.3. The molecule has 1 fully saturated rings. The predicted octanol–water partition coefficient (Wildman–Crippen LogP) is 6.10. The van der Waals surface area contributed by atoms with Crippen molar-refractivity contribution >= 4 is 39.1 Å². The van der Waals surface area contributed by atoms with Crippen LogP contribution in [0.3, 0.4) is 0 Å². The first-order valence-corrected chi connectivity index (χ1v) is 17.0. The molecule has 1 aliphatic carbocycles. The van der Waals surface area contributed by atoms with Crippen LogP contribution in [0.1, 0.15) is 63.1 Å². The van der Waals surface area contributed by atoms with Crippen molar-refractivity contribution in [2.75, 3.05) is 17.1 Å². The lowest BCUT2D eigenvalue weighted by molar-refractivity contribution is -0.140. The quantitative estimate of drug-likeness (QED) is 0.280. The van der Waals surface area contributed by atoms with Gasteiger partial charge in [-0.25, -0.2) is 8.42 Å². The van der Waals surface area contributed by atoms with E-state index in [0.717, 1.165) is 52.9 Å². The summed E-state index contributed by atoms with van der Waals surface area (Å²) in [6.45, 7) is 5.89. The molecule has 3 aromatic carbocycles. The molecule has 0 spiro atoms. The monoisotopic (exact) mass is 623 g/mol. The molecular formula is C34H42ClN3O4S. The molecule has 1 N–H and O–H groups in total. The summed E-state index contributed by atoms with van der Waals surface area (Å²) >= 11 is 6.29. The second-order valence-electron chi connectivity index (χ2n) is 12.4. The summed E-state index contributed by atoms with van der Waals surface area (Å²) in [7, 11) is -3.83. The first-order chi connectivity index (χ1) is 20.3. The van der Waals surface area contributed by atoms with Crippen molar-refractivity contribution in [2.45, 2.75) is 76.9 Å². The van der Waals surface area contributed by atoms with Crippen LogP contribution in [-0.2, 0) is 38.0 Å². The maximum Gasteiger partial charge on any atom is 0.244 e. The van der Waals surface area contributed by atoms with Crippen molar-refractivity contribution in [3.05, 3.63) is 101 Å². The van der Waals surface area contributed by atoms with Gasteiger partial charge < -0.3 is 10.2 Å². The Labute approximate surface area is 261 Å². The third-order valence-electron chi connectivity index (χ3n) is 7.92. The Kier molecular flexibility index (Phi) is 10.6. The predicted molar refractivity (Wildman–Crippen MR) is 174 cm³/mol. The van der Waals surface area contributed by atoms with E-state index in [9.17, 15) is 18.0 Å². The van der Waals surface area contributed by atoms with Gasteiger partial charge in [0.05, 0.1) is 11.9 Å². The van der Waals surface area contributed by atoms with Gasteiger partial charge in [-0.3, -0.25) is 13.9 Å². The summed E-state index contributed by atoms with van der Waals surface area (Å²) in [5, 5.41) is 3.69. The van der Waals surface area contributed by atoms with Gasteiger partial charge in [-0.05, 0) is 59.2 Å². The van der Waals surface area contributed by atoms with Gasteiger partial charge in [-0.1, -0.05) is 99.8 Å². The Morgan fingerprint density at radius 2 is 1.56 bits per heavy atom. The number of benzene rings is 3. The van der Waals surface area contributed by atoms with Crippen molar-refractivity contribution < 1.29 is 18.0 Å². The minimum atomic E-state index is -3.83. The SMILES string of the molecule is CC(C)(C)c1ccc(N(CC(=O)N(Cc2cccc(Cl)c2)[C@H](Cc2ccccc2)C(=O)NC2CCCC2)S(C)(=O)=O)cc1. The molecular weight excluding hydrogens is 582 g/mol. The van der Waals surface area contributed by atoms with Gasteiger partial charge in [-0.15, -0.1) is 0 Å². The number of hydrogen-bond donors (Lipinski definition) is 1. The van der Waals surface area contributed by atoms with E-state index in [4.69, 9.17) is 11.6 Å². The molecule has 0 unspecified atom stereocenters. The topological polar surface area (TPSA) is 86.8 Å². The minimum absolute atomic E-state index is 0.0581. The lowest BCUT2D eigenvalue weighted by Gasteiger charge is -2.34. The Hall–Kier alpha value is -3.36. The third-order valence-corrected chi connectivity index (χ3v) is 9.29. The third kappa shape index (κ3) is 9.07. The fourth-order valence-electron chi connectivity index (χ4n) is 5.49. The fraction of sp³-hybridized carbons (Fsp3) is 0.412. The molecule has 4 rings (SSSR count). The maximum absolute atomic E-state index is 14.3. The number of hydrogen-bond acceptors (Lipinski definition) is 4. The minimum Gasteiger partial charge on any atom is -0.352 e. The zero-order valence-corrected chi connectivity index (χ0v) is 27.0. The van der Waals surface area contributed by atoms with Crippen LogP contribution in [0.2, 0.25) is 5.02 Å². The highest BCUT2D eigenvalue weighted by atomic mass is 35.5. The molecule has 3 aromatic rings. The number of nitrogens with zero attached hydrogens (tertiary/aromatic N) is 2. The number of sulfonamides is 1. The van der Waals surface area contributed by atoms with Crippen molar-refractivity contribution in [1.82, 2.24) is 10.2 Å². The average Bonchev–Trinajstić information content (AvgIpc) is 3.46. The Balaban J connectivity index is 1.72. The van der Waals surface area contributed by atoms with Gasteiger partial charge >= 0.3 is 0 Å². The summed E-state index contributed by atoms with van der Waals surface area (Å²) in [5.41, 5.74) is 2.96. The number of halogens is 1. The molecule has 0 aromatic heterocycles. The van der Waals surface area contributed by atoms with Crippen LogP contribution in [0.4, 0.5) is 5.69 Å². The molecule has 1 saturated carbocycles. The highest BCUT2D eigenvalue weighted by molar-refractivity contribution is 7.92. The second-order valence-corrected chi connectivity index (χ2v) is 14.8. The molecule has 0 radical (unpaired) electrons. The average molecular weight is 624 g/mol. The summed E-state index contributed by atoms with van der Waals surface area (Å²) in [6.07, 6.45) is 5.28. The van der Waals surface area contributed by atoms with Gasteiger partial charge in [0.2, 0.25) is 21.8 Å². The number of anilines is 1. The van der Waals surface area contributed by atoms with E-state index in [1.54, 1.807) is 30.3 Å². The first-order valence-electron chi connectivity index (χ1n) is 14.8. The smallest absolute Gasteiger partial charge is 0.244 e. The normalized spacial score (nSPS) is 14.7. The van der Waals surface area contributed by atoms with Gasteiger partial charge in [0.15, 0.2) is 0 Å². The van der Waals surface area contributed by atoms with Gasteiger partial charge in [0.25, 0.3) is 0 Å². The van der Waals surface area contributed by atoms with Crippen LogP contribution in [0.5, 0.6) is 0 Å². The number of rotatable bonds is 11. The first kappa shape index (κ1) is 32.6. The zero-order valence-electron chi connectivity index (χ0n) is 25.4. The molecule has 1 atom stereocenters. The van der Waals surface area contributed by atoms with Crippen LogP contribution in [0, 0.1) is 0 Å². The molecule has 7 nitrogen and oxygen atoms in total. The number of amides is 2. The molecule has 9 heteroatoms. The molecule has 2 amide bonds. The number of nitrogens with one attached hydrogen (secondary N) is 1. The van der Waals surface area contributed by atoms with Crippen molar-refractivity contribution in [3.8, 4) is 0 Å². The lowest BCUT2D eigenvalue weighted by atomic mass is 9.87. The Bertz CT molecular complexity index is 1500. The van der Waals surface area contributed by atoms with E-state index in [1.807, 2.05) is 48.5 Å². The highest BCUT2D eigenvalue weighted by Crippen LogP contribution is 2.27. The summed E-state index contributed by atoms with van der Waals surface area (Å²) < 4.78 is 27.2. The highest BCUT2D eigenvalue weighted by Gasteiger charge is 2.34. The van der Waals surface area contributed by atoms with Crippen molar-refractivity contribution in [1.29, 1.82) is 0 Å². The largest absolute Gasteiger partial charge is 0.352 e. The van der Waals surface area contributed by atoms with E-state index < -0.39 is 28.5 Å². The van der Waals surface area contributed by atoms with Gasteiger partial charge in [0.1, 0.15) is 12.6 Å². The second kappa shape index (κ2) is 14.0. The molecule has 0 bridgehead atoms. The van der Waals surface area contributed by atoms with E-state index in [-0.39, 0.29) is 30.3 Å². The Morgan fingerprint density at radius 1 is 0.930 bits per heavy atom. The molecule has 230 valence electrons. The standard InChI is InChI=1S/C34H42ClN3O4S/c1-34(2,3)27-17-19-30(20-18-27)38(43(4,41)42)24-32(39)37(23-26-13-10-14-28(35)21-26)31(22-25-11-6-5-7-12-25)33(40)36-29-15-8-9-16-29/h5-7,10-14,17-21,29,31H,8-9,15-16,22-24H2,1-4H3,(H,36,40)/t31-/m1/s1. The van der Waals surface area contributed by atoms with Crippen molar-refractivity contribution in [3.63, 3.8) is 0 Å². The zero-order chi connectivity index (χ0) is 31.2. The Morgan fingerprint density at radius 3 is 2.14 bits per heavy atom. The van der Waals surface area contributed by atoms with E-state index in [0.29, 0.717) is 10.7 Å². The van der Waals surface area contributed by atoms with E-state index in [2.05, 4.69) is 26.1 Å².